The largest absolute Gasteiger partial charge is 0.265 e. The molecule has 0 fully saturated rings. The van der Waals surface area contributed by atoms with E-state index < -0.39 is 0 Å². The van der Waals surface area contributed by atoms with Crippen LogP contribution in [0.2, 0.25) is 0 Å². The molecule has 0 bridgehead atoms. The zero-order valence-corrected chi connectivity index (χ0v) is 10.8. The van der Waals surface area contributed by atoms with Crippen LogP contribution in [0, 0.1) is 10.8 Å². The Labute approximate surface area is 93.9 Å². The highest BCUT2D eigenvalue weighted by Crippen LogP contribution is 2.46. The maximum atomic E-state index is 4.09. The Kier molecular flexibility index (Phi) is 3.22. The summed E-state index contributed by atoms with van der Waals surface area (Å²) in [7, 11) is 0. The lowest BCUT2D eigenvalue weighted by Crippen LogP contribution is -2.30. The first-order valence-electron chi connectivity index (χ1n) is 5.63. The van der Waals surface area contributed by atoms with E-state index in [0.717, 1.165) is 0 Å². The lowest BCUT2D eigenvalue weighted by molar-refractivity contribution is 0.176. The fraction of sp³-hybridized carbons (Fsp3) is 0.643. The van der Waals surface area contributed by atoms with Crippen LogP contribution in [-0.4, -0.2) is 4.98 Å². The van der Waals surface area contributed by atoms with Crippen LogP contribution in [0.25, 0.3) is 0 Å². The van der Waals surface area contributed by atoms with Gasteiger partial charge in [0, 0.05) is 12.4 Å². The maximum absolute atomic E-state index is 4.09. The Morgan fingerprint density at radius 1 is 0.867 bits per heavy atom. The van der Waals surface area contributed by atoms with Crippen LogP contribution in [-0.2, 0) is 0 Å². The summed E-state index contributed by atoms with van der Waals surface area (Å²) < 4.78 is 0. The van der Waals surface area contributed by atoms with Gasteiger partial charge in [-0.05, 0) is 34.4 Å². The van der Waals surface area contributed by atoms with Crippen molar-refractivity contribution in [2.45, 2.75) is 47.5 Å². The molecule has 0 radical (unpaired) electrons. The molecule has 0 aromatic carbocycles. The van der Waals surface area contributed by atoms with Gasteiger partial charge in [0.2, 0.25) is 0 Å². The lowest BCUT2D eigenvalue weighted by atomic mass is 9.64. The van der Waals surface area contributed by atoms with E-state index in [1.54, 1.807) is 0 Å². The predicted octanol–water partition coefficient (Wildman–Crippen LogP) is 4.26. The summed E-state index contributed by atoms with van der Waals surface area (Å²) >= 11 is 0. The zero-order valence-electron chi connectivity index (χ0n) is 10.8. The normalized spacial score (nSPS) is 13.3. The van der Waals surface area contributed by atoms with Crippen molar-refractivity contribution in [3.63, 3.8) is 0 Å². The van der Waals surface area contributed by atoms with Crippen molar-refractivity contribution in [3.8, 4) is 0 Å². The Morgan fingerprint density at radius 2 is 1.27 bits per heavy atom. The van der Waals surface area contributed by atoms with Gasteiger partial charge in [0.1, 0.15) is 0 Å². The van der Waals surface area contributed by atoms with Crippen molar-refractivity contribution in [2.75, 3.05) is 0 Å². The molecule has 0 unspecified atom stereocenters. The average Bonchev–Trinajstić information content (AvgIpc) is 2.00. The van der Waals surface area contributed by atoms with Crippen LogP contribution in [0.15, 0.2) is 24.5 Å². The van der Waals surface area contributed by atoms with Crippen LogP contribution in [0.1, 0.15) is 53.0 Å². The molecule has 0 amide bonds. The van der Waals surface area contributed by atoms with Gasteiger partial charge < -0.3 is 0 Å². The number of hydrogen-bond donors (Lipinski definition) is 0. The number of nitrogens with zero attached hydrogens (tertiary/aromatic N) is 1. The van der Waals surface area contributed by atoms with E-state index in [2.05, 4.69) is 58.7 Å². The van der Waals surface area contributed by atoms with E-state index in [4.69, 9.17) is 0 Å². The number of hydrogen-bond acceptors (Lipinski definition) is 1. The van der Waals surface area contributed by atoms with E-state index in [9.17, 15) is 0 Å². The fourth-order valence-electron chi connectivity index (χ4n) is 2.85. The molecule has 1 heterocycles. The number of pyridine rings is 1. The summed E-state index contributed by atoms with van der Waals surface area (Å²) in [6.45, 7) is 13.9. The Morgan fingerprint density at radius 3 is 1.60 bits per heavy atom. The molecule has 1 rings (SSSR count). The van der Waals surface area contributed by atoms with Crippen molar-refractivity contribution in [3.05, 3.63) is 30.1 Å². The molecule has 0 saturated carbocycles. The molecule has 0 N–H and O–H groups in total. The second-order valence-corrected chi connectivity index (χ2v) is 6.45. The maximum Gasteiger partial charge on any atom is 0.0270 e. The molecule has 0 saturated heterocycles. The standard InChI is InChI=1S/C14H23N/c1-13(2,3)12(14(4,5)6)11-7-9-15-10-8-11/h7-10,12H,1-6H3. The third-order valence-corrected chi connectivity index (χ3v) is 2.77. The van der Waals surface area contributed by atoms with Gasteiger partial charge >= 0.3 is 0 Å². The lowest BCUT2D eigenvalue weighted by Gasteiger charge is -2.41. The van der Waals surface area contributed by atoms with Crippen LogP contribution in [0.3, 0.4) is 0 Å². The summed E-state index contributed by atoms with van der Waals surface area (Å²) in [5.74, 6) is 0.549. The second-order valence-electron chi connectivity index (χ2n) is 6.45. The SMILES string of the molecule is CC(C)(C)C(c1ccncc1)C(C)(C)C. The molecule has 0 aliphatic heterocycles. The Hall–Kier alpha value is -0.850. The third kappa shape index (κ3) is 3.05. The van der Waals surface area contributed by atoms with Gasteiger partial charge in [-0.1, -0.05) is 41.5 Å². The summed E-state index contributed by atoms with van der Waals surface area (Å²) in [6, 6.07) is 4.28. The molecule has 0 aliphatic rings. The zero-order chi connectivity index (χ0) is 11.7. The van der Waals surface area contributed by atoms with Gasteiger partial charge in [0.05, 0.1) is 0 Å². The molecular weight excluding hydrogens is 182 g/mol. The molecule has 0 atom stereocenters. The summed E-state index contributed by atoms with van der Waals surface area (Å²) in [5.41, 5.74) is 1.95. The van der Waals surface area contributed by atoms with Gasteiger partial charge in [0.25, 0.3) is 0 Å². The van der Waals surface area contributed by atoms with Crippen LogP contribution >= 0.6 is 0 Å². The predicted molar refractivity (Wildman–Crippen MR) is 65.9 cm³/mol. The highest BCUT2D eigenvalue weighted by atomic mass is 14.6. The summed E-state index contributed by atoms with van der Waals surface area (Å²) in [6.07, 6.45) is 3.78. The van der Waals surface area contributed by atoms with Gasteiger partial charge in [0.15, 0.2) is 0 Å². The molecule has 1 heteroatoms. The molecule has 1 aromatic rings. The quantitative estimate of drug-likeness (QED) is 0.667. The van der Waals surface area contributed by atoms with E-state index in [1.165, 1.54) is 5.56 Å². The van der Waals surface area contributed by atoms with Gasteiger partial charge in [-0.15, -0.1) is 0 Å². The first-order valence-corrected chi connectivity index (χ1v) is 5.63. The van der Waals surface area contributed by atoms with Crippen molar-refractivity contribution >= 4 is 0 Å². The van der Waals surface area contributed by atoms with Gasteiger partial charge in [-0.3, -0.25) is 4.98 Å². The number of aromatic nitrogens is 1. The van der Waals surface area contributed by atoms with E-state index in [1.807, 2.05) is 12.4 Å². The molecule has 15 heavy (non-hydrogen) atoms. The molecule has 0 aliphatic carbocycles. The van der Waals surface area contributed by atoms with Crippen LogP contribution in [0.4, 0.5) is 0 Å². The summed E-state index contributed by atoms with van der Waals surface area (Å²) in [4.78, 5) is 4.09. The smallest absolute Gasteiger partial charge is 0.0270 e. The molecule has 1 aromatic heterocycles. The van der Waals surface area contributed by atoms with Crippen molar-refractivity contribution in [1.82, 2.24) is 4.98 Å². The minimum atomic E-state index is 0.277. The van der Waals surface area contributed by atoms with Crippen LogP contribution in [0.5, 0.6) is 0 Å². The van der Waals surface area contributed by atoms with Gasteiger partial charge in [-0.2, -0.15) is 0 Å². The number of rotatable bonds is 1. The molecule has 0 spiro atoms. The Bertz CT molecular complexity index is 286. The molecular formula is C14H23N. The highest BCUT2D eigenvalue weighted by molar-refractivity contribution is 5.20. The van der Waals surface area contributed by atoms with E-state index in [0.29, 0.717) is 5.92 Å². The molecule has 84 valence electrons. The first-order chi connectivity index (χ1) is 6.73. The van der Waals surface area contributed by atoms with E-state index >= 15 is 0 Å². The first kappa shape index (κ1) is 12.2. The minimum absolute atomic E-state index is 0.277. The Balaban J connectivity index is 3.15. The van der Waals surface area contributed by atoms with Crippen molar-refractivity contribution < 1.29 is 0 Å². The second kappa shape index (κ2) is 3.96. The minimum Gasteiger partial charge on any atom is -0.265 e. The molecule has 1 nitrogen and oxygen atoms in total. The average molecular weight is 205 g/mol. The van der Waals surface area contributed by atoms with Crippen molar-refractivity contribution in [1.29, 1.82) is 0 Å². The van der Waals surface area contributed by atoms with Crippen molar-refractivity contribution in [2.24, 2.45) is 10.8 Å². The van der Waals surface area contributed by atoms with Crippen LogP contribution < -0.4 is 0 Å². The fourth-order valence-corrected chi connectivity index (χ4v) is 2.85. The summed E-state index contributed by atoms with van der Waals surface area (Å²) in [5, 5.41) is 0. The monoisotopic (exact) mass is 205 g/mol. The van der Waals surface area contributed by atoms with Gasteiger partial charge in [-0.25, -0.2) is 0 Å². The highest BCUT2D eigenvalue weighted by Gasteiger charge is 2.35. The van der Waals surface area contributed by atoms with E-state index in [-0.39, 0.29) is 10.8 Å². The third-order valence-electron chi connectivity index (χ3n) is 2.77. The topological polar surface area (TPSA) is 12.9 Å².